The van der Waals surface area contributed by atoms with Gasteiger partial charge in [0.1, 0.15) is 5.75 Å². The molecule has 0 heterocycles. The Morgan fingerprint density at radius 1 is 1.16 bits per heavy atom. The Hall–Kier alpha value is -0.700. The van der Waals surface area contributed by atoms with Crippen LogP contribution in [0.25, 0.3) is 0 Å². The van der Waals surface area contributed by atoms with Crippen molar-refractivity contribution in [2.75, 3.05) is 7.11 Å². The van der Waals surface area contributed by atoms with Gasteiger partial charge in [0, 0.05) is 15.1 Å². The number of ether oxygens (including phenoxy) is 1. The normalized spacial score (nSPS) is 12.3. The SMILES string of the molecule is COc1ccc(Br)cc1C(Cl)c1ccc(C)c(Cl)c1. The minimum atomic E-state index is -0.300. The third kappa shape index (κ3) is 3.25. The van der Waals surface area contributed by atoms with Crippen LogP contribution in [0.4, 0.5) is 0 Å². The highest BCUT2D eigenvalue weighted by Crippen LogP contribution is 2.37. The minimum Gasteiger partial charge on any atom is -0.496 e. The molecule has 0 radical (unpaired) electrons. The molecular weight excluding hydrogens is 347 g/mol. The number of hydrogen-bond acceptors (Lipinski definition) is 1. The topological polar surface area (TPSA) is 9.23 Å². The van der Waals surface area contributed by atoms with Crippen LogP contribution in [0.15, 0.2) is 40.9 Å². The van der Waals surface area contributed by atoms with Crippen LogP contribution in [0, 0.1) is 6.92 Å². The van der Waals surface area contributed by atoms with E-state index in [0.29, 0.717) is 0 Å². The fourth-order valence-corrected chi connectivity index (χ4v) is 2.72. The lowest BCUT2D eigenvalue weighted by Gasteiger charge is -2.15. The predicted octanol–water partition coefficient (Wildman–Crippen LogP) is 5.75. The second-order valence-electron chi connectivity index (χ2n) is 4.26. The Kier molecular flexibility index (Phi) is 4.77. The lowest BCUT2D eigenvalue weighted by atomic mass is 10.0. The van der Waals surface area contributed by atoms with Crippen LogP contribution in [-0.2, 0) is 0 Å². The zero-order chi connectivity index (χ0) is 14.0. The fraction of sp³-hybridized carbons (Fsp3) is 0.200. The number of aryl methyl sites for hydroxylation is 1. The van der Waals surface area contributed by atoms with Crippen molar-refractivity contribution in [2.24, 2.45) is 0 Å². The first-order valence-corrected chi connectivity index (χ1v) is 7.37. The summed E-state index contributed by atoms with van der Waals surface area (Å²) in [6.45, 7) is 1.97. The molecule has 0 aliphatic carbocycles. The fourth-order valence-electron chi connectivity index (χ4n) is 1.85. The van der Waals surface area contributed by atoms with E-state index in [2.05, 4.69) is 15.9 Å². The van der Waals surface area contributed by atoms with Gasteiger partial charge in [0.05, 0.1) is 12.5 Å². The van der Waals surface area contributed by atoms with Gasteiger partial charge in [-0.25, -0.2) is 0 Å². The molecule has 0 aliphatic heterocycles. The molecule has 1 atom stereocenters. The summed E-state index contributed by atoms with van der Waals surface area (Å²) in [6, 6.07) is 11.6. The van der Waals surface area contributed by atoms with Gasteiger partial charge >= 0.3 is 0 Å². The predicted molar refractivity (Wildman–Crippen MR) is 84.6 cm³/mol. The highest BCUT2D eigenvalue weighted by Gasteiger charge is 2.16. The first-order valence-electron chi connectivity index (χ1n) is 5.76. The highest BCUT2D eigenvalue weighted by atomic mass is 79.9. The van der Waals surface area contributed by atoms with Crippen molar-refractivity contribution in [2.45, 2.75) is 12.3 Å². The second kappa shape index (κ2) is 6.17. The quantitative estimate of drug-likeness (QED) is 0.634. The zero-order valence-electron chi connectivity index (χ0n) is 10.6. The average Bonchev–Trinajstić information content (AvgIpc) is 2.41. The van der Waals surface area contributed by atoms with Crippen LogP contribution in [0.1, 0.15) is 22.1 Å². The third-order valence-electron chi connectivity index (χ3n) is 2.95. The molecule has 0 spiro atoms. The number of rotatable bonds is 3. The Balaban J connectivity index is 2.45. The molecule has 0 aliphatic rings. The van der Waals surface area contributed by atoms with Gasteiger partial charge in [-0.2, -0.15) is 0 Å². The largest absolute Gasteiger partial charge is 0.496 e. The number of halogens is 3. The summed E-state index contributed by atoms with van der Waals surface area (Å²) in [5, 5.41) is 0.419. The maximum absolute atomic E-state index is 6.55. The van der Waals surface area contributed by atoms with Gasteiger partial charge in [-0.1, -0.05) is 39.7 Å². The van der Waals surface area contributed by atoms with Crippen molar-refractivity contribution in [3.8, 4) is 5.75 Å². The van der Waals surface area contributed by atoms with E-state index in [1.165, 1.54) is 0 Å². The smallest absolute Gasteiger partial charge is 0.123 e. The van der Waals surface area contributed by atoms with Crippen LogP contribution < -0.4 is 4.74 Å². The van der Waals surface area contributed by atoms with Gasteiger partial charge in [0.15, 0.2) is 0 Å². The van der Waals surface area contributed by atoms with Crippen LogP contribution in [0.3, 0.4) is 0 Å². The van der Waals surface area contributed by atoms with Gasteiger partial charge in [0.25, 0.3) is 0 Å². The maximum Gasteiger partial charge on any atom is 0.123 e. The summed E-state index contributed by atoms with van der Waals surface area (Å²) in [4.78, 5) is 0. The van der Waals surface area contributed by atoms with Crippen LogP contribution in [-0.4, -0.2) is 7.11 Å². The van der Waals surface area contributed by atoms with E-state index in [-0.39, 0.29) is 5.38 Å². The summed E-state index contributed by atoms with van der Waals surface area (Å²) in [6.07, 6.45) is 0. The molecule has 100 valence electrons. The third-order valence-corrected chi connectivity index (χ3v) is 4.34. The molecular formula is C15H13BrCl2O. The van der Waals surface area contributed by atoms with Crippen molar-refractivity contribution >= 4 is 39.1 Å². The number of methoxy groups -OCH3 is 1. The molecule has 0 fully saturated rings. The van der Waals surface area contributed by atoms with Crippen molar-refractivity contribution in [1.29, 1.82) is 0 Å². The van der Waals surface area contributed by atoms with E-state index in [9.17, 15) is 0 Å². The van der Waals surface area contributed by atoms with E-state index in [1.807, 2.05) is 43.3 Å². The Morgan fingerprint density at radius 2 is 1.89 bits per heavy atom. The van der Waals surface area contributed by atoms with Crippen LogP contribution in [0.5, 0.6) is 5.75 Å². The van der Waals surface area contributed by atoms with Crippen molar-refractivity contribution < 1.29 is 4.74 Å². The van der Waals surface area contributed by atoms with E-state index in [0.717, 1.165) is 31.9 Å². The summed E-state index contributed by atoms with van der Waals surface area (Å²) < 4.78 is 6.32. The van der Waals surface area contributed by atoms with Gasteiger partial charge in [-0.15, -0.1) is 11.6 Å². The minimum absolute atomic E-state index is 0.300. The molecule has 0 saturated carbocycles. The van der Waals surface area contributed by atoms with Gasteiger partial charge < -0.3 is 4.74 Å². The average molecular weight is 360 g/mol. The molecule has 19 heavy (non-hydrogen) atoms. The molecule has 0 amide bonds. The lowest BCUT2D eigenvalue weighted by molar-refractivity contribution is 0.410. The molecule has 4 heteroatoms. The molecule has 1 unspecified atom stereocenters. The summed E-state index contributed by atoms with van der Waals surface area (Å²) in [5.41, 5.74) is 2.91. The van der Waals surface area contributed by atoms with Crippen molar-refractivity contribution in [3.63, 3.8) is 0 Å². The molecule has 0 aromatic heterocycles. The molecule has 2 aromatic rings. The molecule has 0 bridgehead atoms. The maximum atomic E-state index is 6.55. The van der Waals surface area contributed by atoms with E-state index in [1.54, 1.807) is 7.11 Å². The van der Waals surface area contributed by atoms with Crippen LogP contribution in [0.2, 0.25) is 5.02 Å². The second-order valence-corrected chi connectivity index (χ2v) is 6.02. The van der Waals surface area contributed by atoms with Crippen LogP contribution >= 0.6 is 39.1 Å². The zero-order valence-corrected chi connectivity index (χ0v) is 13.7. The van der Waals surface area contributed by atoms with Gasteiger partial charge in [0.2, 0.25) is 0 Å². The standard InChI is InChI=1S/C15H13BrCl2O/c1-9-3-4-10(7-13(9)17)15(18)12-8-11(16)5-6-14(12)19-2/h3-8,15H,1-2H3. The van der Waals surface area contributed by atoms with Gasteiger partial charge in [-0.3, -0.25) is 0 Å². The first-order chi connectivity index (χ1) is 9.02. The monoisotopic (exact) mass is 358 g/mol. The van der Waals surface area contributed by atoms with E-state index >= 15 is 0 Å². The van der Waals surface area contributed by atoms with Crippen molar-refractivity contribution in [1.82, 2.24) is 0 Å². The number of alkyl halides is 1. The van der Waals surface area contributed by atoms with Crippen molar-refractivity contribution in [3.05, 3.63) is 62.6 Å². The molecule has 0 N–H and O–H groups in total. The molecule has 0 saturated heterocycles. The van der Waals surface area contributed by atoms with E-state index < -0.39 is 0 Å². The summed E-state index contributed by atoms with van der Waals surface area (Å²) in [5.74, 6) is 0.764. The summed E-state index contributed by atoms with van der Waals surface area (Å²) in [7, 11) is 1.64. The Morgan fingerprint density at radius 3 is 2.53 bits per heavy atom. The number of hydrogen-bond donors (Lipinski definition) is 0. The molecule has 1 nitrogen and oxygen atoms in total. The number of benzene rings is 2. The Bertz CT molecular complexity index is 599. The lowest BCUT2D eigenvalue weighted by Crippen LogP contribution is -1.98. The first kappa shape index (κ1) is 14.7. The summed E-state index contributed by atoms with van der Waals surface area (Å²) >= 11 is 16.2. The van der Waals surface area contributed by atoms with E-state index in [4.69, 9.17) is 27.9 Å². The van der Waals surface area contributed by atoms with Gasteiger partial charge in [-0.05, 0) is 42.3 Å². The molecule has 2 aromatic carbocycles. The highest BCUT2D eigenvalue weighted by molar-refractivity contribution is 9.10. The molecule has 2 rings (SSSR count). The Labute approximate surface area is 131 Å².